The van der Waals surface area contributed by atoms with E-state index in [-0.39, 0.29) is 5.97 Å². The van der Waals surface area contributed by atoms with Gasteiger partial charge in [-0.3, -0.25) is 0 Å². The fourth-order valence-electron chi connectivity index (χ4n) is 3.29. The van der Waals surface area contributed by atoms with Gasteiger partial charge in [0, 0.05) is 5.39 Å². The summed E-state index contributed by atoms with van der Waals surface area (Å²) in [5.41, 5.74) is 2.63. The van der Waals surface area contributed by atoms with E-state index in [1.54, 1.807) is 6.07 Å². The van der Waals surface area contributed by atoms with Gasteiger partial charge in [-0.15, -0.1) is 0 Å². The highest BCUT2D eigenvalue weighted by molar-refractivity contribution is 6.07. The normalized spacial score (nSPS) is 10.6. The number of carbonyl (C=O) groups excluding carboxylic acids is 1. The lowest BCUT2D eigenvalue weighted by atomic mass is 10.0. The van der Waals surface area contributed by atoms with Crippen LogP contribution in [-0.4, -0.2) is 13.1 Å². The van der Waals surface area contributed by atoms with Gasteiger partial charge >= 0.3 is 5.97 Å². The maximum Gasteiger partial charge on any atom is 0.338 e. The molecule has 0 unspecified atom stereocenters. The summed E-state index contributed by atoms with van der Waals surface area (Å²) in [6.45, 7) is 0.913. The third kappa shape index (κ3) is 4.44. The van der Waals surface area contributed by atoms with Gasteiger partial charge in [-0.25, -0.2) is 4.79 Å². The van der Waals surface area contributed by atoms with Crippen LogP contribution in [0.2, 0.25) is 0 Å². The van der Waals surface area contributed by atoms with Crippen molar-refractivity contribution in [1.29, 1.82) is 0 Å². The molecule has 4 nitrogen and oxygen atoms in total. The molecule has 4 aromatic carbocycles. The van der Waals surface area contributed by atoms with Crippen LogP contribution in [0.25, 0.3) is 10.8 Å². The molecule has 0 radical (unpaired) electrons. The van der Waals surface area contributed by atoms with Gasteiger partial charge in [0.15, 0.2) is 0 Å². The number of carbonyl (C=O) groups is 1. The molecule has 0 N–H and O–H groups in total. The SMILES string of the molecule is COC(=O)c1cccc2cccc(OCc3ccc(OCc4ccccc4)cc3)c12. The van der Waals surface area contributed by atoms with Crippen LogP contribution in [0.1, 0.15) is 21.5 Å². The van der Waals surface area contributed by atoms with Gasteiger partial charge in [-0.2, -0.15) is 0 Å². The van der Waals surface area contributed by atoms with E-state index < -0.39 is 0 Å². The fraction of sp³-hybridized carbons (Fsp3) is 0.115. The van der Waals surface area contributed by atoms with E-state index in [1.165, 1.54) is 7.11 Å². The summed E-state index contributed by atoms with van der Waals surface area (Å²) in [7, 11) is 1.38. The van der Waals surface area contributed by atoms with Crippen LogP contribution >= 0.6 is 0 Å². The molecule has 0 fully saturated rings. The molecule has 0 bridgehead atoms. The van der Waals surface area contributed by atoms with Crippen LogP contribution < -0.4 is 9.47 Å². The smallest absolute Gasteiger partial charge is 0.338 e. The lowest BCUT2D eigenvalue weighted by molar-refractivity contribution is 0.0602. The van der Waals surface area contributed by atoms with E-state index in [9.17, 15) is 4.79 Å². The zero-order valence-corrected chi connectivity index (χ0v) is 16.7. The first-order valence-electron chi connectivity index (χ1n) is 9.73. The summed E-state index contributed by atoms with van der Waals surface area (Å²) in [6.07, 6.45) is 0. The van der Waals surface area contributed by atoms with Gasteiger partial charge in [0.05, 0.1) is 12.7 Å². The quantitative estimate of drug-likeness (QED) is 0.370. The predicted octanol–water partition coefficient (Wildman–Crippen LogP) is 5.78. The predicted molar refractivity (Wildman–Crippen MR) is 117 cm³/mol. The number of rotatable bonds is 7. The zero-order valence-electron chi connectivity index (χ0n) is 16.7. The standard InChI is InChI=1S/C26H22O4/c1-28-26(27)23-11-5-9-21-10-6-12-24(25(21)23)30-18-20-13-15-22(16-14-20)29-17-19-7-3-2-4-8-19/h2-16H,17-18H2,1H3. The molecule has 0 heterocycles. The van der Waals surface area contributed by atoms with E-state index in [4.69, 9.17) is 14.2 Å². The summed E-state index contributed by atoms with van der Waals surface area (Å²) in [5.74, 6) is 1.08. The van der Waals surface area contributed by atoms with Crippen molar-refractivity contribution < 1.29 is 19.0 Å². The van der Waals surface area contributed by atoms with E-state index >= 15 is 0 Å². The Kier molecular flexibility index (Phi) is 5.95. The average Bonchev–Trinajstić information content (AvgIpc) is 2.81. The molecule has 0 saturated carbocycles. The van der Waals surface area contributed by atoms with Crippen molar-refractivity contribution in [3.8, 4) is 11.5 Å². The lowest BCUT2D eigenvalue weighted by Gasteiger charge is -2.12. The maximum absolute atomic E-state index is 12.2. The Morgan fingerprint density at radius 3 is 2.10 bits per heavy atom. The van der Waals surface area contributed by atoms with E-state index in [2.05, 4.69) is 0 Å². The van der Waals surface area contributed by atoms with Crippen molar-refractivity contribution in [2.45, 2.75) is 13.2 Å². The summed E-state index contributed by atoms with van der Waals surface area (Å²) in [4.78, 5) is 12.2. The summed E-state index contributed by atoms with van der Waals surface area (Å²) in [6, 6.07) is 29.2. The van der Waals surface area contributed by atoms with Crippen molar-refractivity contribution in [2.24, 2.45) is 0 Å². The third-order valence-corrected chi connectivity index (χ3v) is 4.84. The van der Waals surface area contributed by atoms with Gasteiger partial charge in [-0.1, -0.05) is 66.7 Å². The van der Waals surface area contributed by atoms with Crippen molar-refractivity contribution in [3.05, 3.63) is 108 Å². The highest BCUT2D eigenvalue weighted by Gasteiger charge is 2.14. The van der Waals surface area contributed by atoms with E-state index in [0.29, 0.717) is 24.5 Å². The van der Waals surface area contributed by atoms with Crippen molar-refractivity contribution >= 4 is 16.7 Å². The molecule has 0 atom stereocenters. The number of esters is 1. The van der Waals surface area contributed by atoms with Gasteiger partial charge < -0.3 is 14.2 Å². The van der Waals surface area contributed by atoms with Gasteiger partial charge in [0.2, 0.25) is 0 Å². The Balaban J connectivity index is 1.46. The number of methoxy groups -OCH3 is 1. The molecule has 4 rings (SSSR count). The Hall–Kier alpha value is -3.79. The van der Waals surface area contributed by atoms with E-state index in [1.807, 2.05) is 84.9 Å². The lowest BCUT2D eigenvalue weighted by Crippen LogP contribution is -2.04. The molecule has 0 saturated heterocycles. The number of hydrogen-bond acceptors (Lipinski definition) is 4. The number of hydrogen-bond donors (Lipinski definition) is 0. The molecule has 0 aliphatic carbocycles. The summed E-state index contributed by atoms with van der Waals surface area (Å²) >= 11 is 0. The maximum atomic E-state index is 12.2. The average molecular weight is 398 g/mol. The molecule has 30 heavy (non-hydrogen) atoms. The van der Waals surface area contributed by atoms with Gasteiger partial charge in [-0.05, 0) is 40.8 Å². The third-order valence-electron chi connectivity index (χ3n) is 4.84. The Morgan fingerprint density at radius 1 is 0.700 bits per heavy atom. The second-order valence-electron chi connectivity index (χ2n) is 6.86. The van der Waals surface area contributed by atoms with Gasteiger partial charge in [0.25, 0.3) is 0 Å². The Morgan fingerprint density at radius 2 is 1.37 bits per heavy atom. The Bertz CT molecular complexity index is 1130. The molecule has 0 amide bonds. The highest BCUT2D eigenvalue weighted by atomic mass is 16.5. The topological polar surface area (TPSA) is 44.8 Å². The van der Waals surface area contributed by atoms with Crippen LogP contribution in [0.4, 0.5) is 0 Å². The highest BCUT2D eigenvalue weighted by Crippen LogP contribution is 2.30. The molecular formula is C26H22O4. The number of benzene rings is 4. The molecule has 150 valence electrons. The van der Waals surface area contributed by atoms with Crippen LogP contribution in [0.15, 0.2) is 91.0 Å². The monoisotopic (exact) mass is 398 g/mol. The van der Waals surface area contributed by atoms with Crippen molar-refractivity contribution in [2.75, 3.05) is 7.11 Å². The van der Waals surface area contributed by atoms with Crippen LogP contribution in [-0.2, 0) is 18.0 Å². The van der Waals surface area contributed by atoms with Crippen LogP contribution in [0.3, 0.4) is 0 Å². The number of fused-ring (bicyclic) bond motifs is 1. The van der Waals surface area contributed by atoms with Crippen molar-refractivity contribution in [3.63, 3.8) is 0 Å². The molecule has 0 aliphatic rings. The zero-order chi connectivity index (χ0) is 20.8. The summed E-state index contributed by atoms with van der Waals surface area (Å²) < 4.78 is 16.8. The first-order valence-corrected chi connectivity index (χ1v) is 9.73. The molecule has 4 aromatic rings. The van der Waals surface area contributed by atoms with Crippen LogP contribution in [0.5, 0.6) is 11.5 Å². The molecule has 0 spiro atoms. The summed E-state index contributed by atoms with van der Waals surface area (Å²) in [5, 5.41) is 1.69. The second-order valence-corrected chi connectivity index (χ2v) is 6.86. The minimum absolute atomic E-state index is 0.378. The van der Waals surface area contributed by atoms with Crippen LogP contribution in [0, 0.1) is 0 Å². The molecule has 4 heteroatoms. The van der Waals surface area contributed by atoms with Crippen molar-refractivity contribution in [1.82, 2.24) is 0 Å². The first kappa shape index (κ1) is 19.5. The van der Waals surface area contributed by atoms with Gasteiger partial charge in [0.1, 0.15) is 24.7 Å². The first-order chi connectivity index (χ1) is 14.7. The second kappa shape index (κ2) is 9.14. The molecule has 0 aromatic heterocycles. The largest absolute Gasteiger partial charge is 0.489 e. The molecular weight excluding hydrogens is 376 g/mol. The van der Waals surface area contributed by atoms with E-state index in [0.717, 1.165) is 27.6 Å². The molecule has 0 aliphatic heterocycles. The number of ether oxygens (including phenoxy) is 3. The Labute approximate surface area is 175 Å². The fourth-order valence-corrected chi connectivity index (χ4v) is 3.29. The minimum atomic E-state index is -0.378. The minimum Gasteiger partial charge on any atom is -0.489 e.